The minimum absolute atomic E-state index is 0.0736. The highest BCUT2D eigenvalue weighted by atomic mass is 16.5. The summed E-state index contributed by atoms with van der Waals surface area (Å²) in [7, 11) is 1.44. The molecule has 19 heavy (non-hydrogen) atoms. The van der Waals surface area contributed by atoms with Crippen molar-refractivity contribution in [3.05, 3.63) is 0 Å². The van der Waals surface area contributed by atoms with Crippen molar-refractivity contribution in [1.82, 2.24) is 4.90 Å². The van der Waals surface area contributed by atoms with Gasteiger partial charge in [0.15, 0.2) is 0 Å². The van der Waals surface area contributed by atoms with Crippen molar-refractivity contribution in [3.63, 3.8) is 0 Å². The Morgan fingerprint density at radius 2 is 1.68 bits per heavy atom. The van der Waals surface area contributed by atoms with Crippen LogP contribution in [-0.4, -0.2) is 50.2 Å². The molecule has 1 heterocycles. The van der Waals surface area contributed by atoms with Gasteiger partial charge in [0.2, 0.25) is 5.91 Å². The molecule has 0 atom stereocenters. The minimum Gasteiger partial charge on any atom is -0.469 e. The SMILES string of the molecule is COC(=O)C1CC2(C1)CC(C(=O)N1CCOCC1)C2. The number of hydrogen-bond donors (Lipinski definition) is 0. The van der Waals surface area contributed by atoms with Crippen LogP contribution in [0.15, 0.2) is 0 Å². The zero-order chi connectivity index (χ0) is 13.5. The van der Waals surface area contributed by atoms with E-state index in [1.54, 1.807) is 0 Å². The summed E-state index contributed by atoms with van der Waals surface area (Å²) in [6.45, 7) is 2.78. The molecular formula is C14H21NO4. The Kier molecular flexibility index (Phi) is 3.25. The lowest BCUT2D eigenvalue weighted by molar-refractivity contribution is -0.168. The summed E-state index contributed by atoms with van der Waals surface area (Å²) in [6, 6.07) is 0. The van der Waals surface area contributed by atoms with Crippen LogP contribution in [0.1, 0.15) is 25.7 Å². The van der Waals surface area contributed by atoms with Gasteiger partial charge in [-0.15, -0.1) is 0 Å². The van der Waals surface area contributed by atoms with Gasteiger partial charge < -0.3 is 14.4 Å². The number of carbonyl (C=O) groups excluding carboxylic acids is 2. The van der Waals surface area contributed by atoms with Crippen molar-refractivity contribution < 1.29 is 19.1 Å². The average Bonchev–Trinajstić information content (AvgIpc) is 2.35. The number of morpholine rings is 1. The van der Waals surface area contributed by atoms with Gasteiger partial charge in [-0.05, 0) is 31.1 Å². The zero-order valence-corrected chi connectivity index (χ0v) is 11.4. The van der Waals surface area contributed by atoms with Crippen LogP contribution in [0.2, 0.25) is 0 Å². The number of rotatable bonds is 2. The summed E-state index contributed by atoms with van der Waals surface area (Å²) < 4.78 is 10.0. The summed E-state index contributed by atoms with van der Waals surface area (Å²) in [5.74, 6) is 0.449. The van der Waals surface area contributed by atoms with E-state index in [4.69, 9.17) is 9.47 Å². The second kappa shape index (κ2) is 4.78. The highest BCUT2D eigenvalue weighted by molar-refractivity contribution is 5.80. The number of nitrogens with zero attached hydrogens (tertiary/aromatic N) is 1. The molecule has 5 nitrogen and oxygen atoms in total. The summed E-state index contributed by atoms with van der Waals surface area (Å²) in [6.07, 6.45) is 3.73. The predicted molar refractivity (Wildman–Crippen MR) is 67.3 cm³/mol. The minimum atomic E-state index is -0.0893. The molecule has 3 rings (SSSR count). The Morgan fingerprint density at radius 1 is 1.11 bits per heavy atom. The molecule has 0 aromatic rings. The van der Waals surface area contributed by atoms with Gasteiger partial charge in [0.05, 0.1) is 26.2 Å². The molecule has 1 amide bonds. The van der Waals surface area contributed by atoms with Gasteiger partial charge in [-0.2, -0.15) is 0 Å². The van der Waals surface area contributed by atoms with Crippen LogP contribution in [-0.2, 0) is 19.1 Å². The van der Waals surface area contributed by atoms with E-state index < -0.39 is 0 Å². The highest BCUT2D eigenvalue weighted by Crippen LogP contribution is 2.61. The van der Waals surface area contributed by atoms with Gasteiger partial charge in [0.1, 0.15) is 0 Å². The van der Waals surface area contributed by atoms with Gasteiger partial charge in [-0.25, -0.2) is 0 Å². The lowest BCUT2D eigenvalue weighted by Crippen LogP contribution is -2.55. The first-order valence-corrected chi connectivity index (χ1v) is 7.08. The van der Waals surface area contributed by atoms with Crippen LogP contribution < -0.4 is 0 Å². The fourth-order valence-corrected chi connectivity index (χ4v) is 3.85. The molecule has 0 radical (unpaired) electrons. The molecular weight excluding hydrogens is 246 g/mol. The van der Waals surface area contributed by atoms with Crippen molar-refractivity contribution in [2.45, 2.75) is 25.7 Å². The van der Waals surface area contributed by atoms with E-state index in [-0.39, 0.29) is 29.1 Å². The molecule has 0 bridgehead atoms. The third-order valence-corrected chi connectivity index (χ3v) is 4.92. The fourth-order valence-electron chi connectivity index (χ4n) is 3.85. The summed E-state index contributed by atoms with van der Waals surface area (Å²) in [4.78, 5) is 25.6. The summed E-state index contributed by atoms with van der Waals surface area (Å²) >= 11 is 0. The number of methoxy groups -OCH3 is 1. The fraction of sp³-hybridized carbons (Fsp3) is 0.857. The maximum Gasteiger partial charge on any atom is 0.308 e. The Morgan fingerprint density at radius 3 is 2.26 bits per heavy atom. The molecule has 5 heteroatoms. The van der Waals surface area contributed by atoms with Crippen molar-refractivity contribution in [2.75, 3.05) is 33.4 Å². The van der Waals surface area contributed by atoms with Crippen molar-refractivity contribution >= 4 is 11.9 Å². The first-order chi connectivity index (χ1) is 9.13. The predicted octanol–water partition coefficient (Wildman–Crippen LogP) is 0.825. The molecule has 0 aromatic heterocycles. The third-order valence-electron chi connectivity index (χ3n) is 4.92. The Labute approximate surface area is 113 Å². The van der Waals surface area contributed by atoms with Crippen LogP contribution in [0.25, 0.3) is 0 Å². The van der Waals surface area contributed by atoms with Gasteiger partial charge in [-0.1, -0.05) is 0 Å². The Hall–Kier alpha value is -1.10. The van der Waals surface area contributed by atoms with Gasteiger partial charge in [0, 0.05) is 19.0 Å². The average molecular weight is 267 g/mol. The van der Waals surface area contributed by atoms with E-state index in [9.17, 15) is 9.59 Å². The number of ether oxygens (including phenoxy) is 2. The molecule has 2 aliphatic carbocycles. The van der Waals surface area contributed by atoms with Crippen LogP contribution in [0.3, 0.4) is 0 Å². The third kappa shape index (κ3) is 2.24. The van der Waals surface area contributed by atoms with Crippen molar-refractivity contribution in [3.8, 4) is 0 Å². The summed E-state index contributed by atoms with van der Waals surface area (Å²) in [5.41, 5.74) is 0.269. The molecule has 1 aliphatic heterocycles. The lowest BCUT2D eigenvalue weighted by atomic mass is 9.48. The second-order valence-electron chi connectivity index (χ2n) is 6.17. The second-order valence-corrected chi connectivity index (χ2v) is 6.17. The number of carbonyl (C=O) groups is 2. The summed E-state index contributed by atoms with van der Waals surface area (Å²) in [5, 5.41) is 0. The van der Waals surface area contributed by atoms with Crippen molar-refractivity contribution in [1.29, 1.82) is 0 Å². The number of esters is 1. The quantitative estimate of drug-likeness (QED) is 0.695. The van der Waals surface area contributed by atoms with Gasteiger partial charge >= 0.3 is 5.97 Å². The standard InChI is InChI=1S/C14H21NO4/c1-18-13(17)11-8-14(9-11)6-10(7-14)12(16)15-2-4-19-5-3-15/h10-11H,2-9H2,1H3. The topological polar surface area (TPSA) is 55.8 Å². The Bertz CT molecular complexity index is 375. The van der Waals surface area contributed by atoms with Crippen LogP contribution in [0.5, 0.6) is 0 Å². The molecule has 3 fully saturated rings. The van der Waals surface area contributed by atoms with E-state index in [0.29, 0.717) is 13.2 Å². The number of hydrogen-bond acceptors (Lipinski definition) is 4. The normalized spacial score (nSPS) is 37.4. The molecule has 0 unspecified atom stereocenters. The molecule has 0 aromatic carbocycles. The monoisotopic (exact) mass is 267 g/mol. The van der Waals surface area contributed by atoms with E-state index in [0.717, 1.165) is 38.8 Å². The van der Waals surface area contributed by atoms with Crippen LogP contribution >= 0.6 is 0 Å². The molecule has 0 N–H and O–H groups in total. The molecule has 106 valence electrons. The van der Waals surface area contributed by atoms with Gasteiger partial charge in [0.25, 0.3) is 0 Å². The molecule has 1 saturated heterocycles. The first kappa shape index (κ1) is 12.9. The largest absolute Gasteiger partial charge is 0.469 e. The Balaban J connectivity index is 1.46. The number of amides is 1. The van der Waals surface area contributed by atoms with E-state index in [1.807, 2.05) is 4.90 Å². The van der Waals surface area contributed by atoms with Crippen LogP contribution in [0, 0.1) is 17.3 Å². The molecule has 3 aliphatic rings. The molecule has 1 spiro atoms. The first-order valence-electron chi connectivity index (χ1n) is 7.08. The zero-order valence-electron chi connectivity index (χ0n) is 11.4. The maximum absolute atomic E-state index is 12.3. The van der Waals surface area contributed by atoms with Crippen molar-refractivity contribution in [2.24, 2.45) is 17.3 Å². The molecule has 2 saturated carbocycles. The van der Waals surface area contributed by atoms with E-state index >= 15 is 0 Å². The maximum atomic E-state index is 12.3. The highest BCUT2D eigenvalue weighted by Gasteiger charge is 2.57. The van der Waals surface area contributed by atoms with E-state index in [1.165, 1.54) is 7.11 Å². The lowest BCUT2D eigenvalue weighted by Gasteiger charge is -2.57. The smallest absolute Gasteiger partial charge is 0.308 e. The van der Waals surface area contributed by atoms with E-state index in [2.05, 4.69) is 0 Å². The van der Waals surface area contributed by atoms with Gasteiger partial charge in [-0.3, -0.25) is 9.59 Å². The van der Waals surface area contributed by atoms with Crippen LogP contribution in [0.4, 0.5) is 0 Å².